The normalized spacial score (nSPS) is 11.1. The molecule has 2 aromatic carbocycles. The number of hydrogen-bond acceptors (Lipinski definition) is 4. The Morgan fingerprint density at radius 1 is 1.06 bits per heavy atom. The number of carbonyl (C=O) groups excluding carboxylic acids is 1. The molecule has 0 saturated carbocycles. The molecule has 0 radical (unpaired) electrons. The highest BCUT2D eigenvalue weighted by molar-refractivity contribution is 7.17. The summed E-state index contributed by atoms with van der Waals surface area (Å²) in [6, 6.07) is 11.5. The molecule has 164 valence electrons. The fourth-order valence-corrected chi connectivity index (χ4v) is 4.48. The van der Waals surface area contributed by atoms with E-state index in [2.05, 4.69) is 0 Å². The lowest BCUT2D eigenvalue weighted by atomic mass is 10.2. The summed E-state index contributed by atoms with van der Waals surface area (Å²) in [5.41, 5.74) is 0.187. The number of fused-ring (bicyclic) bond motifs is 1. The van der Waals surface area contributed by atoms with E-state index >= 15 is 0 Å². The largest absolute Gasteiger partial charge is 0.336 e. The van der Waals surface area contributed by atoms with Gasteiger partial charge in [-0.1, -0.05) is 12.1 Å². The molecular weight excluding hydrogens is 436 g/mol. The summed E-state index contributed by atoms with van der Waals surface area (Å²) >= 11 is 1.09. The van der Waals surface area contributed by atoms with Crippen LogP contribution in [0, 0.1) is 18.6 Å². The summed E-state index contributed by atoms with van der Waals surface area (Å²) in [4.78, 5) is 40.9. The Morgan fingerprint density at radius 3 is 2.44 bits per heavy atom. The first-order valence-electron chi connectivity index (χ1n) is 9.86. The molecule has 0 unspecified atom stereocenters. The first-order valence-corrected chi connectivity index (χ1v) is 10.7. The number of hydrogen-bond donors (Lipinski definition) is 0. The first-order chi connectivity index (χ1) is 15.3. The Labute approximate surface area is 185 Å². The SMILES string of the molecule is CCN(C(=O)Cn1c(=O)n(-c2cc(F)cc(F)c2)c(=O)c2sccc21)c1cccc(C)c1. The highest BCUT2D eigenvalue weighted by Gasteiger charge is 2.21. The van der Waals surface area contributed by atoms with Gasteiger partial charge in [-0.2, -0.15) is 0 Å². The third-order valence-electron chi connectivity index (χ3n) is 5.08. The molecule has 0 aliphatic carbocycles. The van der Waals surface area contributed by atoms with Crippen LogP contribution >= 0.6 is 11.3 Å². The second kappa shape index (κ2) is 8.51. The van der Waals surface area contributed by atoms with Crippen LogP contribution in [0.2, 0.25) is 0 Å². The maximum Gasteiger partial charge on any atom is 0.336 e. The van der Waals surface area contributed by atoms with E-state index in [1.807, 2.05) is 32.0 Å². The summed E-state index contributed by atoms with van der Waals surface area (Å²) in [6.07, 6.45) is 0. The fraction of sp³-hybridized carbons (Fsp3) is 0.174. The second-order valence-corrected chi connectivity index (χ2v) is 8.17. The van der Waals surface area contributed by atoms with Crippen LogP contribution < -0.4 is 16.1 Å². The van der Waals surface area contributed by atoms with Crippen molar-refractivity contribution in [2.24, 2.45) is 0 Å². The predicted molar refractivity (Wildman–Crippen MR) is 121 cm³/mol. The molecule has 0 atom stereocenters. The lowest BCUT2D eigenvalue weighted by Gasteiger charge is -2.22. The monoisotopic (exact) mass is 455 g/mol. The average molecular weight is 455 g/mol. The Hall–Kier alpha value is -3.59. The van der Waals surface area contributed by atoms with Gasteiger partial charge in [0.15, 0.2) is 0 Å². The van der Waals surface area contributed by atoms with E-state index in [1.54, 1.807) is 17.5 Å². The summed E-state index contributed by atoms with van der Waals surface area (Å²) in [7, 11) is 0. The number of thiophene rings is 1. The van der Waals surface area contributed by atoms with Gasteiger partial charge < -0.3 is 4.90 Å². The third kappa shape index (κ3) is 3.87. The third-order valence-corrected chi connectivity index (χ3v) is 5.98. The number of aryl methyl sites for hydroxylation is 1. The van der Waals surface area contributed by atoms with Crippen LogP contribution in [0.3, 0.4) is 0 Å². The number of amides is 1. The van der Waals surface area contributed by atoms with E-state index < -0.39 is 22.9 Å². The van der Waals surface area contributed by atoms with Gasteiger partial charge in [-0.3, -0.25) is 14.2 Å². The van der Waals surface area contributed by atoms with E-state index in [-0.39, 0.29) is 22.8 Å². The molecule has 2 aromatic heterocycles. The summed E-state index contributed by atoms with van der Waals surface area (Å²) < 4.78 is 29.7. The van der Waals surface area contributed by atoms with Gasteiger partial charge in [0, 0.05) is 18.3 Å². The molecule has 0 bridgehead atoms. The van der Waals surface area contributed by atoms with E-state index in [9.17, 15) is 23.2 Å². The number of carbonyl (C=O) groups is 1. The topological polar surface area (TPSA) is 64.3 Å². The van der Waals surface area contributed by atoms with Crippen molar-refractivity contribution in [2.45, 2.75) is 20.4 Å². The molecule has 0 N–H and O–H groups in total. The molecule has 4 aromatic rings. The first kappa shape index (κ1) is 21.6. The smallest absolute Gasteiger partial charge is 0.311 e. The second-order valence-electron chi connectivity index (χ2n) is 7.25. The molecule has 32 heavy (non-hydrogen) atoms. The van der Waals surface area contributed by atoms with Crippen LogP contribution in [0.1, 0.15) is 12.5 Å². The van der Waals surface area contributed by atoms with Crippen LogP contribution in [-0.2, 0) is 11.3 Å². The van der Waals surface area contributed by atoms with Crippen molar-refractivity contribution in [3.63, 3.8) is 0 Å². The number of nitrogens with zero attached hydrogens (tertiary/aromatic N) is 3. The molecule has 9 heteroatoms. The minimum Gasteiger partial charge on any atom is -0.311 e. The number of aromatic nitrogens is 2. The summed E-state index contributed by atoms with van der Waals surface area (Å²) in [6.45, 7) is 3.76. The fourth-order valence-electron chi connectivity index (χ4n) is 3.66. The van der Waals surface area contributed by atoms with Gasteiger partial charge in [-0.15, -0.1) is 11.3 Å². The van der Waals surface area contributed by atoms with Crippen molar-refractivity contribution in [1.82, 2.24) is 9.13 Å². The zero-order valence-corrected chi connectivity index (χ0v) is 18.2. The molecule has 0 fully saturated rings. The Balaban J connectivity index is 1.86. The Morgan fingerprint density at radius 2 is 1.78 bits per heavy atom. The lowest BCUT2D eigenvalue weighted by Crippen LogP contribution is -2.42. The maximum atomic E-state index is 13.8. The molecule has 2 heterocycles. The van der Waals surface area contributed by atoms with Gasteiger partial charge in [0.25, 0.3) is 5.56 Å². The van der Waals surface area contributed by atoms with E-state index in [1.165, 1.54) is 4.90 Å². The molecule has 0 aliphatic rings. The summed E-state index contributed by atoms with van der Waals surface area (Å²) in [5.74, 6) is -2.20. The van der Waals surface area contributed by atoms with Crippen molar-refractivity contribution in [3.8, 4) is 5.69 Å². The molecule has 0 spiro atoms. The van der Waals surface area contributed by atoms with Crippen LogP contribution in [0.15, 0.2) is 63.5 Å². The van der Waals surface area contributed by atoms with Crippen LogP contribution in [0.4, 0.5) is 14.5 Å². The summed E-state index contributed by atoms with van der Waals surface area (Å²) in [5, 5.41) is 1.63. The molecule has 6 nitrogen and oxygen atoms in total. The number of likely N-dealkylation sites (N-methyl/N-ethyl adjacent to an activating group) is 1. The van der Waals surface area contributed by atoms with Gasteiger partial charge in [-0.05, 0) is 55.1 Å². The maximum absolute atomic E-state index is 13.8. The number of anilines is 1. The Kier molecular flexibility index (Phi) is 5.75. The van der Waals surface area contributed by atoms with Gasteiger partial charge in [0.1, 0.15) is 22.9 Å². The molecule has 4 rings (SSSR count). The van der Waals surface area contributed by atoms with Crippen molar-refractivity contribution in [3.05, 3.63) is 91.9 Å². The minimum absolute atomic E-state index is 0.209. The van der Waals surface area contributed by atoms with Crippen molar-refractivity contribution in [1.29, 1.82) is 0 Å². The Bertz CT molecular complexity index is 1430. The van der Waals surface area contributed by atoms with Gasteiger partial charge in [-0.25, -0.2) is 18.1 Å². The van der Waals surface area contributed by atoms with Crippen molar-refractivity contribution < 1.29 is 13.6 Å². The zero-order chi connectivity index (χ0) is 23.0. The van der Waals surface area contributed by atoms with Gasteiger partial charge in [0.2, 0.25) is 5.91 Å². The van der Waals surface area contributed by atoms with E-state index in [0.29, 0.717) is 28.4 Å². The lowest BCUT2D eigenvalue weighted by molar-refractivity contribution is -0.119. The highest BCUT2D eigenvalue weighted by Crippen LogP contribution is 2.20. The van der Waals surface area contributed by atoms with Crippen LogP contribution in [-0.4, -0.2) is 21.6 Å². The van der Waals surface area contributed by atoms with E-state index in [0.717, 1.165) is 33.6 Å². The average Bonchev–Trinajstić information content (AvgIpc) is 3.21. The van der Waals surface area contributed by atoms with E-state index in [4.69, 9.17) is 0 Å². The predicted octanol–water partition coefficient (Wildman–Crippen LogP) is 3.85. The van der Waals surface area contributed by atoms with Crippen molar-refractivity contribution >= 4 is 33.1 Å². The van der Waals surface area contributed by atoms with Gasteiger partial charge in [0.05, 0.1) is 11.2 Å². The van der Waals surface area contributed by atoms with Crippen LogP contribution in [0.25, 0.3) is 15.9 Å². The zero-order valence-electron chi connectivity index (χ0n) is 17.3. The highest BCUT2D eigenvalue weighted by atomic mass is 32.1. The quantitative estimate of drug-likeness (QED) is 0.459. The number of rotatable bonds is 5. The number of benzene rings is 2. The van der Waals surface area contributed by atoms with Crippen LogP contribution in [0.5, 0.6) is 0 Å². The minimum atomic E-state index is -0.920. The molecule has 0 saturated heterocycles. The molecular formula is C23H19F2N3O3S. The molecule has 1 amide bonds. The van der Waals surface area contributed by atoms with Gasteiger partial charge >= 0.3 is 5.69 Å². The number of halogens is 2. The van der Waals surface area contributed by atoms with Crippen molar-refractivity contribution in [2.75, 3.05) is 11.4 Å². The molecule has 0 aliphatic heterocycles. The standard InChI is InChI=1S/C23H19F2N3O3S/c1-3-26(17-6-4-5-14(2)9-17)20(29)13-27-19-7-8-32-21(19)22(30)28(23(27)31)18-11-15(24)10-16(25)12-18/h4-12H,3,13H2,1-2H3.